The van der Waals surface area contributed by atoms with E-state index in [1.54, 1.807) is 19.2 Å². The summed E-state index contributed by atoms with van der Waals surface area (Å²) >= 11 is 0. The van der Waals surface area contributed by atoms with E-state index in [0.29, 0.717) is 19.0 Å². The van der Waals surface area contributed by atoms with Crippen LogP contribution in [0.3, 0.4) is 0 Å². The number of hydrogen-bond donors (Lipinski definition) is 2. The molecular weight excluding hydrogens is 308 g/mol. The second-order valence-corrected chi connectivity index (χ2v) is 6.59. The highest BCUT2D eigenvalue weighted by Crippen LogP contribution is 2.20. The van der Waals surface area contributed by atoms with Crippen molar-refractivity contribution >= 4 is 11.6 Å². The first-order chi connectivity index (χ1) is 11.3. The standard InChI is InChI=1S/C17H28N4O3/c1-6-18-16(20-12-15(24-5)17(2,3)4)19-11-13-7-9-14(10-8-13)21(22)23/h7-10,15H,6,11-12H2,1-5H3,(H2,18,19,20). The first kappa shape index (κ1) is 19.9. The highest BCUT2D eigenvalue weighted by Gasteiger charge is 2.24. The van der Waals surface area contributed by atoms with Crippen LogP contribution in [-0.2, 0) is 11.3 Å². The number of nitro benzene ring substituents is 1. The highest BCUT2D eigenvalue weighted by atomic mass is 16.6. The number of non-ortho nitro benzene ring substituents is 1. The molecule has 0 aliphatic carbocycles. The van der Waals surface area contributed by atoms with Crippen molar-refractivity contribution < 1.29 is 9.66 Å². The van der Waals surface area contributed by atoms with Crippen LogP contribution in [0.5, 0.6) is 0 Å². The van der Waals surface area contributed by atoms with Crippen LogP contribution < -0.4 is 10.6 Å². The third-order valence-electron chi connectivity index (χ3n) is 3.62. The van der Waals surface area contributed by atoms with E-state index in [9.17, 15) is 10.1 Å². The van der Waals surface area contributed by atoms with Crippen LogP contribution in [0.4, 0.5) is 5.69 Å². The van der Waals surface area contributed by atoms with E-state index in [-0.39, 0.29) is 17.2 Å². The second-order valence-electron chi connectivity index (χ2n) is 6.59. The Balaban J connectivity index is 2.69. The van der Waals surface area contributed by atoms with Crippen molar-refractivity contribution in [1.29, 1.82) is 0 Å². The van der Waals surface area contributed by atoms with Gasteiger partial charge in [-0.1, -0.05) is 32.9 Å². The van der Waals surface area contributed by atoms with Crippen LogP contribution in [0.25, 0.3) is 0 Å². The van der Waals surface area contributed by atoms with E-state index in [1.807, 2.05) is 6.92 Å². The van der Waals surface area contributed by atoms with Crippen molar-refractivity contribution in [2.24, 2.45) is 10.4 Å². The highest BCUT2D eigenvalue weighted by molar-refractivity contribution is 5.79. The van der Waals surface area contributed by atoms with Crippen molar-refractivity contribution in [2.75, 3.05) is 20.2 Å². The van der Waals surface area contributed by atoms with Gasteiger partial charge in [0.1, 0.15) is 0 Å². The summed E-state index contributed by atoms with van der Waals surface area (Å²) in [5.41, 5.74) is 1.02. The molecule has 1 aromatic rings. The van der Waals surface area contributed by atoms with Crippen molar-refractivity contribution in [2.45, 2.75) is 40.3 Å². The van der Waals surface area contributed by atoms with Crippen LogP contribution in [0.1, 0.15) is 33.3 Å². The van der Waals surface area contributed by atoms with Crippen LogP contribution in [0, 0.1) is 15.5 Å². The lowest BCUT2D eigenvalue weighted by Crippen LogP contribution is -2.45. The summed E-state index contributed by atoms with van der Waals surface area (Å²) in [6.45, 7) is 10.2. The van der Waals surface area contributed by atoms with Crippen LogP contribution >= 0.6 is 0 Å². The molecular formula is C17H28N4O3. The molecule has 1 unspecified atom stereocenters. The summed E-state index contributed by atoms with van der Waals surface area (Å²) in [7, 11) is 1.71. The first-order valence-corrected chi connectivity index (χ1v) is 8.06. The summed E-state index contributed by atoms with van der Waals surface area (Å²) in [5, 5.41) is 17.1. The molecule has 1 atom stereocenters. The van der Waals surface area contributed by atoms with Gasteiger partial charge < -0.3 is 15.4 Å². The summed E-state index contributed by atoms with van der Waals surface area (Å²) in [5.74, 6) is 0.696. The number of guanidine groups is 1. The molecule has 7 nitrogen and oxygen atoms in total. The molecule has 0 bridgehead atoms. The van der Waals surface area contributed by atoms with Gasteiger partial charge in [0.05, 0.1) is 17.6 Å². The van der Waals surface area contributed by atoms with E-state index in [1.165, 1.54) is 12.1 Å². The van der Waals surface area contributed by atoms with Gasteiger partial charge in [0.15, 0.2) is 5.96 Å². The van der Waals surface area contributed by atoms with Crippen molar-refractivity contribution in [1.82, 2.24) is 10.6 Å². The Labute approximate surface area is 143 Å². The van der Waals surface area contributed by atoms with Gasteiger partial charge in [0.25, 0.3) is 5.69 Å². The van der Waals surface area contributed by atoms with E-state index in [4.69, 9.17) is 4.74 Å². The van der Waals surface area contributed by atoms with Crippen molar-refractivity contribution in [3.63, 3.8) is 0 Å². The Bertz CT molecular complexity index is 550. The van der Waals surface area contributed by atoms with E-state index in [0.717, 1.165) is 12.1 Å². The van der Waals surface area contributed by atoms with Crippen LogP contribution in [0.2, 0.25) is 0 Å². The minimum absolute atomic E-state index is 0.0252. The monoisotopic (exact) mass is 336 g/mol. The molecule has 0 fully saturated rings. The van der Waals surface area contributed by atoms with Gasteiger partial charge in [0.2, 0.25) is 0 Å². The zero-order valence-corrected chi connectivity index (χ0v) is 15.1. The third-order valence-corrected chi connectivity index (χ3v) is 3.62. The van der Waals surface area contributed by atoms with Gasteiger partial charge in [-0.2, -0.15) is 0 Å². The smallest absolute Gasteiger partial charge is 0.269 e. The molecule has 0 saturated carbocycles. The molecule has 0 radical (unpaired) electrons. The van der Waals surface area contributed by atoms with Crippen molar-refractivity contribution in [3.05, 3.63) is 39.9 Å². The maximum Gasteiger partial charge on any atom is 0.269 e. The molecule has 24 heavy (non-hydrogen) atoms. The molecule has 1 aromatic carbocycles. The minimum Gasteiger partial charge on any atom is -0.379 e. The average molecular weight is 336 g/mol. The number of hydrogen-bond acceptors (Lipinski definition) is 4. The molecule has 0 aromatic heterocycles. The molecule has 0 saturated heterocycles. The van der Waals surface area contributed by atoms with E-state index < -0.39 is 4.92 Å². The van der Waals surface area contributed by atoms with Gasteiger partial charge in [0, 0.05) is 32.3 Å². The number of aliphatic imine (C=N–C) groups is 1. The number of nitrogens with zero attached hydrogens (tertiary/aromatic N) is 2. The molecule has 0 spiro atoms. The van der Waals surface area contributed by atoms with Crippen LogP contribution in [0.15, 0.2) is 29.3 Å². The Kier molecular flexibility index (Phi) is 7.64. The van der Waals surface area contributed by atoms with Crippen molar-refractivity contribution in [3.8, 4) is 0 Å². The number of nitrogens with one attached hydrogen (secondary N) is 2. The lowest BCUT2D eigenvalue weighted by Gasteiger charge is -2.30. The fourth-order valence-corrected chi connectivity index (χ4v) is 2.17. The maximum atomic E-state index is 10.7. The normalized spacial score (nSPS) is 13.5. The Morgan fingerprint density at radius 3 is 2.38 bits per heavy atom. The lowest BCUT2D eigenvalue weighted by atomic mass is 9.89. The predicted octanol–water partition coefficient (Wildman–Crippen LogP) is 2.71. The summed E-state index contributed by atoms with van der Waals surface area (Å²) in [6, 6.07) is 6.42. The zero-order chi connectivity index (χ0) is 18.2. The molecule has 0 amide bonds. The van der Waals surface area contributed by atoms with Crippen LogP contribution in [-0.4, -0.2) is 37.2 Å². The van der Waals surface area contributed by atoms with Gasteiger partial charge in [-0.15, -0.1) is 0 Å². The molecule has 0 aliphatic rings. The van der Waals surface area contributed by atoms with Gasteiger partial charge >= 0.3 is 0 Å². The van der Waals surface area contributed by atoms with Gasteiger partial charge in [-0.3, -0.25) is 10.1 Å². The Hall–Kier alpha value is -2.15. The number of rotatable bonds is 7. The molecule has 0 heterocycles. The molecule has 0 aliphatic heterocycles. The topological polar surface area (TPSA) is 88.8 Å². The molecule has 7 heteroatoms. The number of ether oxygens (including phenoxy) is 1. The van der Waals surface area contributed by atoms with Gasteiger partial charge in [-0.25, -0.2) is 4.99 Å². The number of benzene rings is 1. The molecule has 1 rings (SSSR count). The zero-order valence-electron chi connectivity index (χ0n) is 15.1. The SMILES string of the molecule is CCNC(=NCc1ccc([N+](=O)[O-])cc1)NCC(OC)C(C)(C)C. The maximum absolute atomic E-state index is 10.7. The minimum atomic E-state index is -0.407. The van der Waals surface area contributed by atoms with E-state index in [2.05, 4.69) is 36.4 Å². The predicted molar refractivity (Wildman–Crippen MR) is 96.2 cm³/mol. The molecule has 134 valence electrons. The second kappa shape index (κ2) is 9.22. The van der Waals surface area contributed by atoms with E-state index >= 15 is 0 Å². The fraction of sp³-hybridized carbons (Fsp3) is 0.588. The quantitative estimate of drug-likeness (QED) is 0.346. The molecule has 2 N–H and O–H groups in total. The number of methoxy groups -OCH3 is 1. The summed E-state index contributed by atoms with van der Waals surface area (Å²) in [6.07, 6.45) is 0.0562. The summed E-state index contributed by atoms with van der Waals surface area (Å²) < 4.78 is 5.53. The largest absolute Gasteiger partial charge is 0.379 e. The van der Waals surface area contributed by atoms with Gasteiger partial charge in [-0.05, 0) is 17.9 Å². The fourth-order valence-electron chi connectivity index (χ4n) is 2.17. The third kappa shape index (κ3) is 6.54. The summed E-state index contributed by atoms with van der Waals surface area (Å²) in [4.78, 5) is 14.8. The lowest BCUT2D eigenvalue weighted by molar-refractivity contribution is -0.384. The number of nitro groups is 1. The Morgan fingerprint density at radius 1 is 1.29 bits per heavy atom. The average Bonchev–Trinajstić information content (AvgIpc) is 2.52. The first-order valence-electron chi connectivity index (χ1n) is 8.06. The Morgan fingerprint density at radius 2 is 1.92 bits per heavy atom.